The van der Waals surface area contributed by atoms with Crippen LogP contribution in [0.1, 0.15) is 39.0 Å². The fourth-order valence-corrected chi connectivity index (χ4v) is 6.20. The molecule has 0 unspecified atom stereocenters. The molecule has 1 aliphatic rings. The highest BCUT2D eigenvalue weighted by atomic mass is 31.1. The van der Waals surface area contributed by atoms with Crippen LogP contribution < -0.4 is 10.6 Å². The molecule has 1 saturated heterocycles. The average Bonchev–Trinajstić information content (AvgIpc) is 3.14. The lowest BCUT2D eigenvalue weighted by molar-refractivity contribution is -0.131. The quantitative estimate of drug-likeness (QED) is 0.680. The van der Waals surface area contributed by atoms with Gasteiger partial charge in [0, 0.05) is 19.0 Å². The van der Waals surface area contributed by atoms with Crippen LogP contribution in [0.5, 0.6) is 0 Å². The Morgan fingerprint density at radius 1 is 1.04 bits per heavy atom. The molecular formula is C22H28NOP. The highest BCUT2D eigenvalue weighted by molar-refractivity contribution is 7.73. The van der Waals surface area contributed by atoms with Crippen molar-refractivity contribution < 1.29 is 4.79 Å². The number of likely N-dealkylation sites (tertiary alicyclic amines) is 1. The summed E-state index contributed by atoms with van der Waals surface area (Å²) in [7, 11) is -0.420. The first kappa shape index (κ1) is 18.1. The van der Waals surface area contributed by atoms with E-state index in [9.17, 15) is 4.79 Å². The third kappa shape index (κ3) is 4.70. The minimum absolute atomic E-state index is 0.362. The Labute approximate surface area is 153 Å². The van der Waals surface area contributed by atoms with Gasteiger partial charge in [0.05, 0.1) is 0 Å². The van der Waals surface area contributed by atoms with Crippen molar-refractivity contribution in [2.75, 3.05) is 12.7 Å². The fraction of sp³-hybridized carbons (Fsp3) is 0.409. The number of nitrogens with zero attached hydrogens (tertiary/aromatic N) is 1. The van der Waals surface area contributed by atoms with Crippen molar-refractivity contribution in [3.63, 3.8) is 0 Å². The molecule has 0 aromatic heterocycles. The molecule has 0 N–H and O–H groups in total. The van der Waals surface area contributed by atoms with E-state index in [1.165, 1.54) is 10.6 Å². The molecule has 25 heavy (non-hydrogen) atoms. The maximum absolute atomic E-state index is 12.6. The maximum atomic E-state index is 12.6. The molecule has 2 aromatic rings. The van der Waals surface area contributed by atoms with Gasteiger partial charge in [0.15, 0.2) is 0 Å². The van der Waals surface area contributed by atoms with Crippen molar-refractivity contribution in [2.45, 2.75) is 45.1 Å². The van der Waals surface area contributed by atoms with Gasteiger partial charge in [0.1, 0.15) is 0 Å². The molecule has 1 fully saturated rings. The van der Waals surface area contributed by atoms with Crippen LogP contribution >= 0.6 is 7.92 Å². The lowest BCUT2D eigenvalue weighted by Gasteiger charge is -2.29. The largest absolute Gasteiger partial charge is 0.339 e. The highest BCUT2D eigenvalue weighted by Crippen LogP contribution is 2.37. The van der Waals surface area contributed by atoms with Crippen molar-refractivity contribution in [1.29, 1.82) is 0 Å². The molecular weight excluding hydrogens is 325 g/mol. The topological polar surface area (TPSA) is 20.3 Å². The number of amides is 1. The molecule has 1 heterocycles. The van der Waals surface area contributed by atoms with E-state index in [0.29, 0.717) is 18.4 Å². The third-order valence-corrected chi connectivity index (χ3v) is 7.60. The van der Waals surface area contributed by atoms with E-state index in [-0.39, 0.29) is 0 Å². The highest BCUT2D eigenvalue weighted by Gasteiger charge is 2.31. The zero-order chi connectivity index (χ0) is 17.5. The van der Waals surface area contributed by atoms with Crippen LogP contribution in [0, 0.1) is 0 Å². The summed E-state index contributed by atoms with van der Waals surface area (Å²) in [5, 5.41) is 2.83. The van der Waals surface area contributed by atoms with Crippen LogP contribution in [-0.4, -0.2) is 29.6 Å². The lowest BCUT2D eigenvalue weighted by atomic mass is 10.2. The van der Waals surface area contributed by atoms with Gasteiger partial charge in [-0.2, -0.15) is 0 Å². The number of hydrogen-bond donors (Lipinski definition) is 0. The number of benzene rings is 2. The van der Waals surface area contributed by atoms with Crippen LogP contribution in [0.15, 0.2) is 60.7 Å². The van der Waals surface area contributed by atoms with Gasteiger partial charge in [-0.15, -0.1) is 0 Å². The zero-order valence-electron chi connectivity index (χ0n) is 15.1. The Kier molecular flexibility index (Phi) is 6.64. The van der Waals surface area contributed by atoms with E-state index in [1.807, 2.05) is 0 Å². The van der Waals surface area contributed by atoms with Gasteiger partial charge in [0.2, 0.25) is 5.91 Å². The molecule has 132 valence electrons. The Bertz CT molecular complexity index is 619. The molecule has 0 radical (unpaired) electrons. The normalized spacial score (nSPS) is 17.2. The maximum Gasteiger partial charge on any atom is 0.222 e. The van der Waals surface area contributed by atoms with Crippen LogP contribution in [-0.2, 0) is 4.79 Å². The summed E-state index contributed by atoms with van der Waals surface area (Å²) in [5.41, 5.74) is 0. The van der Waals surface area contributed by atoms with Gasteiger partial charge in [-0.3, -0.25) is 4.79 Å². The van der Waals surface area contributed by atoms with Crippen molar-refractivity contribution in [2.24, 2.45) is 0 Å². The first-order chi connectivity index (χ1) is 12.3. The van der Waals surface area contributed by atoms with E-state index >= 15 is 0 Å². The lowest BCUT2D eigenvalue weighted by Crippen LogP contribution is -2.38. The molecule has 0 spiro atoms. The summed E-state index contributed by atoms with van der Waals surface area (Å²) in [6.45, 7) is 3.10. The Balaban J connectivity index is 1.79. The second-order valence-electron chi connectivity index (χ2n) is 6.77. The minimum Gasteiger partial charge on any atom is -0.339 e. The summed E-state index contributed by atoms with van der Waals surface area (Å²) in [6, 6.07) is 22.1. The number of rotatable bonds is 7. The second kappa shape index (κ2) is 9.15. The van der Waals surface area contributed by atoms with Gasteiger partial charge in [-0.25, -0.2) is 0 Å². The average molecular weight is 353 g/mol. The van der Waals surface area contributed by atoms with Gasteiger partial charge in [-0.05, 0) is 44.0 Å². The third-order valence-electron chi connectivity index (χ3n) is 4.97. The van der Waals surface area contributed by atoms with Crippen LogP contribution in [0.3, 0.4) is 0 Å². The number of hydrogen-bond acceptors (Lipinski definition) is 1. The SMILES string of the molecule is CCCCC(=O)N1CCC[C@H]1CP(c1ccccc1)c1ccccc1. The molecule has 1 amide bonds. The Hall–Kier alpha value is -1.66. The summed E-state index contributed by atoms with van der Waals surface area (Å²) in [5.74, 6) is 0.362. The van der Waals surface area contributed by atoms with Gasteiger partial charge >= 0.3 is 0 Å². The summed E-state index contributed by atoms with van der Waals surface area (Å²) in [4.78, 5) is 14.8. The van der Waals surface area contributed by atoms with E-state index in [2.05, 4.69) is 72.5 Å². The molecule has 0 bridgehead atoms. The van der Waals surface area contributed by atoms with E-state index in [4.69, 9.17) is 0 Å². The van der Waals surface area contributed by atoms with Gasteiger partial charge in [-0.1, -0.05) is 74.0 Å². The molecule has 1 atom stereocenters. The molecule has 2 nitrogen and oxygen atoms in total. The Morgan fingerprint density at radius 3 is 2.20 bits per heavy atom. The summed E-state index contributed by atoms with van der Waals surface area (Å²) < 4.78 is 0. The van der Waals surface area contributed by atoms with E-state index < -0.39 is 7.92 Å². The number of carbonyl (C=O) groups is 1. The first-order valence-corrected chi connectivity index (χ1v) is 11.0. The predicted molar refractivity (Wildman–Crippen MR) is 108 cm³/mol. The smallest absolute Gasteiger partial charge is 0.222 e. The monoisotopic (exact) mass is 353 g/mol. The molecule has 0 saturated carbocycles. The standard InChI is InChI=1S/C22H28NOP/c1-2-3-16-22(24)23-17-10-11-19(23)18-25(20-12-6-4-7-13-20)21-14-8-5-9-15-21/h4-9,12-15,19H,2-3,10-11,16-18H2,1H3/t19-/m0/s1. The van der Waals surface area contributed by atoms with Crippen molar-refractivity contribution >= 4 is 24.4 Å². The number of carbonyl (C=O) groups excluding carboxylic acids is 1. The minimum atomic E-state index is -0.420. The Morgan fingerprint density at radius 2 is 1.64 bits per heavy atom. The van der Waals surface area contributed by atoms with Crippen LogP contribution in [0.4, 0.5) is 0 Å². The van der Waals surface area contributed by atoms with Crippen molar-refractivity contribution in [3.05, 3.63) is 60.7 Å². The summed E-state index contributed by atoms with van der Waals surface area (Å²) >= 11 is 0. The molecule has 1 aliphatic heterocycles. The van der Waals surface area contributed by atoms with Gasteiger partial charge in [0.25, 0.3) is 0 Å². The van der Waals surface area contributed by atoms with Crippen molar-refractivity contribution in [1.82, 2.24) is 4.90 Å². The predicted octanol–water partition coefficient (Wildman–Crippen LogP) is 4.30. The van der Waals surface area contributed by atoms with Gasteiger partial charge < -0.3 is 4.90 Å². The van der Waals surface area contributed by atoms with Crippen LogP contribution in [0.2, 0.25) is 0 Å². The molecule has 3 heteroatoms. The van der Waals surface area contributed by atoms with Crippen LogP contribution in [0.25, 0.3) is 0 Å². The molecule has 3 rings (SSSR count). The zero-order valence-corrected chi connectivity index (χ0v) is 16.0. The second-order valence-corrected chi connectivity index (χ2v) is 9.02. The van der Waals surface area contributed by atoms with Crippen molar-refractivity contribution in [3.8, 4) is 0 Å². The fourth-order valence-electron chi connectivity index (χ4n) is 3.61. The van der Waals surface area contributed by atoms with E-state index in [1.54, 1.807) is 0 Å². The molecule has 2 aromatic carbocycles. The first-order valence-electron chi connectivity index (χ1n) is 9.46. The number of unbranched alkanes of at least 4 members (excludes halogenated alkanes) is 1. The molecule has 0 aliphatic carbocycles. The summed E-state index contributed by atoms with van der Waals surface area (Å²) in [6.07, 6.45) is 6.19. The van der Waals surface area contributed by atoms with E-state index in [0.717, 1.165) is 38.4 Å².